The Morgan fingerprint density at radius 1 is 1.39 bits per heavy atom. The summed E-state index contributed by atoms with van der Waals surface area (Å²) in [6.45, 7) is 3.73. The van der Waals surface area contributed by atoms with Gasteiger partial charge in [-0.05, 0) is 18.4 Å². The van der Waals surface area contributed by atoms with E-state index in [-0.39, 0.29) is 11.5 Å². The molecule has 1 aromatic heterocycles. The van der Waals surface area contributed by atoms with Crippen LogP contribution in [0.2, 0.25) is 0 Å². The summed E-state index contributed by atoms with van der Waals surface area (Å²) in [4.78, 5) is 33.4. The summed E-state index contributed by atoms with van der Waals surface area (Å²) >= 11 is 0. The average Bonchev–Trinajstić information content (AvgIpc) is 2.28. The van der Waals surface area contributed by atoms with E-state index in [4.69, 9.17) is 5.11 Å². The second kappa shape index (κ2) is 6.00. The molecule has 0 aliphatic carbocycles. The topological polar surface area (TPSA) is 96.6 Å². The molecule has 6 nitrogen and oxygen atoms in total. The van der Waals surface area contributed by atoms with Crippen molar-refractivity contribution in [2.45, 2.75) is 26.3 Å². The molecule has 2 N–H and O–H groups in total. The molecular formula is C12H15NO5. The van der Waals surface area contributed by atoms with Gasteiger partial charge in [0.1, 0.15) is 12.3 Å². The van der Waals surface area contributed by atoms with Gasteiger partial charge in [-0.15, -0.1) is 0 Å². The number of amides is 1. The van der Waals surface area contributed by atoms with Gasteiger partial charge in [0.25, 0.3) is 5.91 Å². The van der Waals surface area contributed by atoms with Crippen LogP contribution < -0.4 is 10.9 Å². The number of carboxylic acid groups (broad SMARTS) is 1. The van der Waals surface area contributed by atoms with E-state index in [1.807, 2.05) is 13.8 Å². The second-order valence-electron chi connectivity index (χ2n) is 4.34. The van der Waals surface area contributed by atoms with Gasteiger partial charge in [-0.1, -0.05) is 13.8 Å². The van der Waals surface area contributed by atoms with Crippen LogP contribution in [0.1, 0.15) is 30.6 Å². The van der Waals surface area contributed by atoms with Crippen molar-refractivity contribution >= 4 is 11.9 Å². The van der Waals surface area contributed by atoms with Crippen molar-refractivity contribution in [3.63, 3.8) is 0 Å². The first-order valence-electron chi connectivity index (χ1n) is 5.52. The molecule has 0 aliphatic heterocycles. The van der Waals surface area contributed by atoms with Gasteiger partial charge in [0.15, 0.2) is 0 Å². The molecule has 0 saturated heterocycles. The van der Waals surface area contributed by atoms with E-state index < -0.39 is 23.5 Å². The first kappa shape index (κ1) is 14.0. The number of rotatable bonds is 5. The zero-order valence-electron chi connectivity index (χ0n) is 10.2. The van der Waals surface area contributed by atoms with E-state index in [9.17, 15) is 14.4 Å². The molecule has 1 rings (SSSR count). The monoisotopic (exact) mass is 253 g/mol. The number of hydrogen-bond acceptors (Lipinski definition) is 4. The lowest BCUT2D eigenvalue weighted by Gasteiger charge is -2.16. The zero-order valence-corrected chi connectivity index (χ0v) is 10.2. The van der Waals surface area contributed by atoms with E-state index in [1.54, 1.807) is 0 Å². The molecule has 0 aromatic carbocycles. The highest BCUT2D eigenvalue weighted by atomic mass is 16.4. The molecule has 0 spiro atoms. The summed E-state index contributed by atoms with van der Waals surface area (Å²) < 4.78 is 4.54. The van der Waals surface area contributed by atoms with Crippen LogP contribution >= 0.6 is 0 Å². The van der Waals surface area contributed by atoms with Crippen molar-refractivity contribution in [2.75, 3.05) is 0 Å². The van der Waals surface area contributed by atoms with E-state index in [0.29, 0.717) is 6.42 Å². The normalized spacial score (nSPS) is 12.2. The van der Waals surface area contributed by atoms with Crippen molar-refractivity contribution in [3.8, 4) is 0 Å². The third-order valence-corrected chi connectivity index (χ3v) is 2.27. The maximum atomic E-state index is 11.7. The van der Waals surface area contributed by atoms with Crippen LogP contribution in [-0.4, -0.2) is 23.0 Å². The van der Waals surface area contributed by atoms with Crippen molar-refractivity contribution in [1.82, 2.24) is 5.32 Å². The lowest BCUT2D eigenvalue weighted by atomic mass is 10.0. The highest BCUT2D eigenvalue weighted by Crippen LogP contribution is 2.06. The summed E-state index contributed by atoms with van der Waals surface area (Å²) in [6.07, 6.45) is 1.34. The maximum absolute atomic E-state index is 11.7. The third kappa shape index (κ3) is 4.04. The Morgan fingerprint density at radius 2 is 2.06 bits per heavy atom. The average molecular weight is 253 g/mol. The molecule has 0 fully saturated rings. The Labute approximate surface area is 104 Å². The Hall–Kier alpha value is -2.11. The molecule has 0 radical (unpaired) electrons. The Kier molecular flexibility index (Phi) is 4.65. The molecule has 1 unspecified atom stereocenters. The van der Waals surface area contributed by atoms with E-state index in [2.05, 4.69) is 9.73 Å². The number of nitrogens with one attached hydrogen (secondary N) is 1. The highest BCUT2D eigenvalue weighted by molar-refractivity contribution is 5.96. The molecule has 0 saturated carbocycles. The first-order chi connectivity index (χ1) is 8.40. The minimum absolute atomic E-state index is 0.115. The Balaban J connectivity index is 2.75. The van der Waals surface area contributed by atoms with Crippen LogP contribution in [0.3, 0.4) is 0 Å². The molecule has 1 heterocycles. The van der Waals surface area contributed by atoms with Gasteiger partial charge in [-0.3, -0.25) is 4.79 Å². The molecule has 0 bridgehead atoms. The quantitative estimate of drug-likeness (QED) is 0.811. The smallest absolute Gasteiger partial charge is 0.335 e. The third-order valence-electron chi connectivity index (χ3n) is 2.27. The molecule has 1 aromatic rings. The van der Waals surface area contributed by atoms with Crippen molar-refractivity contribution in [3.05, 3.63) is 34.4 Å². The zero-order chi connectivity index (χ0) is 13.7. The summed E-state index contributed by atoms with van der Waals surface area (Å²) in [6, 6.07) is 1.44. The van der Waals surface area contributed by atoms with Crippen LogP contribution in [0.4, 0.5) is 0 Å². The molecule has 18 heavy (non-hydrogen) atoms. The van der Waals surface area contributed by atoms with Crippen molar-refractivity contribution in [1.29, 1.82) is 0 Å². The number of aliphatic carboxylic acids is 1. The second-order valence-corrected chi connectivity index (χ2v) is 4.34. The lowest BCUT2D eigenvalue weighted by Crippen LogP contribution is -2.41. The number of carbonyl (C=O) groups excluding carboxylic acids is 1. The van der Waals surface area contributed by atoms with Gasteiger partial charge in [0, 0.05) is 6.07 Å². The Morgan fingerprint density at radius 3 is 2.50 bits per heavy atom. The van der Waals surface area contributed by atoms with Crippen LogP contribution in [0.25, 0.3) is 0 Å². The molecule has 0 aliphatic rings. The van der Waals surface area contributed by atoms with Crippen LogP contribution in [0.5, 0.6) is 0 Å². The van der Waals surface area contributed by atoms with Crippen LogP contribution in [-0.2, 0) is 4.79 Å². The van der Waals surface area contributed by atoms with Crippen LogP contribution in [0, 0.1) is 5.92 Å². The van der Waals surface area contributed by atoms with E-state index in [0.717, 1.165) is 12.3 Å². The minimum atomic E-state index is -1.09. The summed E-state index contributed by atoms with van der Waals surface area (Å²) in [5.74, 6) is -1.53. The van der Waals surface area contributed by atoms with Gasteiger partial charge in [-0.25, -0.2) is 9.59 Å². The largest absolute Gasteiger partial charge is 0.480 e. The number of hydrogen-bond donors (Lipinski definition) is 2. The van der Waals surface area contributed by atoms with Gasteiger partial charge < -0.3 is 14.8 Å². The van der Waals surface area contributed by atoms with Crippen LogP contribution in [0.15, 0.2) is 27.6 Å². The lowest BCUT2D eigenvalue weighted by molar-refractivity contribution is -0.139. The molecule has 1 atom stereocenters. The predicted octanol–water partition coefficient (Wildman–Crippen LogP) is 0.869. The fourth-order valence-electron chi connectivity index (χ4n) is 1.42. The summed E-state index contributed by atoms with van der Waals surface area (Å²) in [5, 5.41) is 11.4. The van der Waals surface area contributed by atoms with Crippen molar-refractivity contribution in [2.24, 2.45) is 5.92 Å². The molecule has 6 heteroatoms. The van der Waals surface area contributed by atoms with Gasteiger partial charge in [-0.2, -0.15) is 0 Å². The van der Waals surface area contributed by atoms with E-state index in [1.165, 1.54) is 6.07 Å². The van der Waals surface area contributed by atoms with E-state index >= 15 is 0 Å². The van der Waals surface area contributed by atoms with Gasteiger partial charge in [0.2, 0.25) is 0 Å². The minimum Gasteiger partial charge on any atom is -0.480 e. The summed E-state index contributed by atoms with van der Waals surface area (Å²) in [7, 11) is 0. The van der Waals surface area contributed by atoms with Crippen molar-refractivity contribution < 1.29 is 19.1 Å². The number of carboxylic acids is 1. The highest BCUT2D eigenvalue weighted by Gasteiger charge is 2.21. The van der Waals surface area contributed by atoms with Gasteiger partial charge >= 0.3 is 11.6 Å². The molecular weight excluding hydrogens is 238 g/mol. The standard InChI is InChI=1S/C12H15NO5/c1-7(2)5-9(12(16)17)13-11(15)8-3-4-10(14)18-6-8/h3-4,6-7,9H,5H2,1-2H3,(H,13,15)(H,16,17). The first-order valence-corrected chi connectivity index (χ1v) is 5.52. The predicted molar refractivity (Wildman–Crippen MR) is 63.3 cm³/mol. The molecule has 98 valence electrons. The SMILES string of the molecule is CC(C)CC(NC(=O)c1ccc(=O)oc1)C(=O)O. The number of carbonyl (C=O) groups is 2. The summed E-state index contributed by atoms with van der Waals surface area (Å²) in [5.41, 5.74) is -0.451. The maximum Gasteiger partial charge on any atom is 0.335 e. The fourth-order valence-corrected chi connectivity index (χ4v) is 1.42. The molecule has 1 amide bonds. The van der Waals surface area contributed by atoms with Gasteiger partial charge in [0.05, 0.1) is 5.56 Å². The fraction of sp³-hybridized carbons (Fsp3) is 0.417. The Bertz CT molecular complexity index is 471.